The first-order chi connectivity index (χ1) is 9.66. The van der Waals surface area contributed by atoms with Gasteiger partial charge in [-0.1, -0.05) is 0 Å². The molecule has 0 spiro atoms. The Labute approximate surface area is 127 Å². The molecule has 1 saturated heterocycles. The molecule has 0 aliphatic carbocycles. The summed E-state index contributed by atoms with van der Waals surface area (Å²) < 4.78 is 0. The van der Waals surface area contributed by atoms with Crippen LogP contribution in [0.2, 0.25) is 0 Å². The zero-order valence-corrected chi connectivity index (χ0v) is 12.6. The fourth-order valence-electron chi connectivity index (χ4n) is 1.89. The number of aromatic nitrogens is 1. The molecule has 1 atom stereocenters. The van der Waals surface area contributed by atoms with E-state index in [-0.39, 0.29) is 5.91 Å². The molecule has 1 fully saturated rings. The standard InChI is InChI=1S/C12H10N2O3S3/c15-11(14-6-19-5-9(14)12(16)17)8-4-20-10(13-8)7-1-2-18-3-7/h1-4,9H,5-6H2,(H,16,17). The molecule has 1 N–H and O–H groups in total. The molecule has 2 aromatic heterocycles. The van der Waals surface area contributed by atoms with Crippen LogP contribution in [0.5, 0.6) is 0 Å². The Morgan fingerprint density at radius 1 is 1.40 bits per heavy atom. The summed E-state index contributed by atoms with van der Waals surface area (Å²) in [5, 5.41) is 15.5. The van der Waals surface area contributed by atoms with Gasteiger partial charge < -0.3 is 10.0 Å². The number of hydrogen-bond acceptors (Lipinski definition) is 6. The van der Waals surface area contributed by atoms with E-state index in [9.17, 15) is 9.59 Å². The number of carboxylic acids is 1. The van der Waals surface area contributed by atoms with Gasteiger partial charge in [0.2, 0.25) is 0 Å². The molecule has 0 aromatic carbocycles. The molecule has 3 rings (SSSR count). The largest absolute Gasteiger partial charge is 0.480 e. The molecule has 0 bridgehead atoms. The summed E-state index contributed by atoms with van der Waals surface area (Å²) >= 11 is 4.42. The quantitative estimate of drug-likeness (QED) is 0.938. The lowest BCUT2D eigenvalue weighted by Gasteiger charge is -2.19. The maximum atomic E-state index is 12.3. The maximum absolute atomic E-state index is 12.3. The molecular weight excluding hydrogens is 316 g/mol. The van der Waals surface area contributed by atoms with E-state index in [2.05, 4.69) is 4.98 Å². The minimum Gasteiger partial charge on any atom is -0.480 e. The molecule has 2 aromatic rings. The molecule has 1 amide bonds. The summed E-state index contributed by atoms with van der Waals surface area (Å²) in [4.78, 5) is 29.2. The minimum absolute atomic E-state index is 0.305. The van der Waals surface area contributed by atoms with Crippen LogP contribution < -0.4 is 0 Å². The Morgan fingerprint density at radius 3 is 2.95 bits per heavy atom. The lowest BCUT2D eigenvalue weighted by atomic mass is 10.3. The first-order valence-corrected chi connectivity index (χ1v) is 8.74. The number of rotatable bonds is 3. The molecular formula is C12H10N2O3S3. The molecule has 3 heterocycles. The van der Waals surface area contributed by atoms with Crippen LogP contribution in [-0.2, 0) is 4.79 Å². The van der Waals surface area contributed by atoms with E-state index in [0.29, 0.717) is 17.3 Å². The summed E-state index contributed by atoms with van der Waals surface area (Å²) in [6.07, 6.45) is 0. The molecule has 104 valence electrons. The van der Waals surface area contributed by atoms with Crippen LogP contribution in [0.1, 0.15) is 10.5 Å². The van der Waals surface area contributed by atoms with Crippen LogP contribution in [0.15, 0.2) is 22.2 Å². The fourth-order valence-corrected chi connectivity index (χ4v) is 4.54. The number of amides is 1. The molecule has 1 aliphatic rings. The SMILES string of the molecule is O=C(O)C1CSCN1C(=O)c1csc(-c2ccsc2)n1. The van der Waals surface area contributed by atoms with Crippen molar-refractivity contribution in [2.75, 3.05) is 11.6 Å². The number of carbonyl (C=O) groups is 2. The number of thioether (sulfide) groups is 1. The Morgan fingerprint density at radius 2 is 2.25 bits per heavy atom. The van der Waals surface area contributed by atoms with Gasteiger partial charge in [0.15, 0.2) is 0 Å². The molecule has 8 heteroatoms. The van der Waals surface area contributed by atoms with E-state index in [1.165, 1.54) is 28.0 Å². The van der Waals surface area contributed by atoms with Gasteiger partial charge in [-0.3, -0.25) is 4.79 Å². The number of hydrogen-bond donors (Lipinski definition) is 1. The third-order valence-electron chi connectivity index (χ3n) is 2.92. The Kier molecular flexibility index (Phi) is 3.77. The lowest BCUT2D eigenvalue weighted by molar-refractivity contribution is -0.140. The van der Waals surface area contributed by atoms with Crippen molar-refractivity contribution in [3.8, 4) is 10.6 Å². The Bertz CT molecular complexity index is 638. The predicted molar refractivity (Wildman–Crippen MR) is 80.3 cm³/mol. The van der Waals surface area contributed by atoms with Crippen molar-refractivity contribution in [1.29, 1.82) is 0 Å². The summed E-state index contributed by atoms with van der Waals surface area (Å²) in [5.41, 5.74) is 1.31. The second-order valence-electron chi connectivity index (χ2n) is 4.18. The summed E-state index contributed by atoms with van der Waals surface area (Å²) in [6.45, 7) is 0. The first-order valence-electron chi connectivity index (χ1n) is 5.76. The van der Waals surface area contributed by atoms with Crippen molar-refractivity contribution in [3.05, 3.63) is 27.9 Å². The van der Waals surface area contributed by atoms with E-state index < -0.39 is 12.0 Å². The van der Waals surface area contributed by atoms with Crippen LogP contribution in [0.4, 0.5) is 0 Å². The van der Waals surface area contributed by atoms with Gasteiger partial charge in [0, 0.05) is 22.1 Å². The molecule has 1 aliphatic heterocycles. The van der Waals surface area contributed by atoms with Crippen LogP contribution >= 0.6 is 34.4 Å². The molecule has 0 radical (unpaired) electrons. The topological polar surface area (TPSA) is 70.5 Å². The molecule has 20 heavy (non-hydrogen) atoms. The van der Waals surface area contributed by atoms with Crippen molar-refractivity contribution < 1.29 is 14.7 Å². The van der Waals surface area contributed by atoms with E-state index in [1.807, 2.05) is 16.8 Å². The van der Waals surface area contributed by atoms with Gasteiger partial charge >= 0.3 is 5.97 Å². The van der Waals surface area contributed by atoms with Gasteiger partial charge in [-0.15, -0.1) is 23.1 Å². The third kappa shape index (κ3) is 2.46. The number of aliphatic carboxylic acids is 1. The highest BCUT2D eigenvalue weighted by Gasteiger charge is 2.35. The average Bonchev–Trinajstić information content (AvgIpc) is 3.17. The van der Waals surface area contributed by atoms with E-state index in [0.717, 1.165) is 10.6 Å². The number of thiophene rings is 1. The third-order valence-corrected chi connectivity index (χ3v) is 5.51. The highest BCUT2D eigenvalue weighted by atomic mass is 32.2. The van der Waals surface area contributed by atoms with E-state index in [1.54, 1.807) is 16.7 Å². The Hall–Kier alpha value is -1.38. The predicted octanol–water partition coefficient (Wildman–Crippen LogP) is 2.47. The molecule has 0 saturated carbocycles. The summed E-state index contributed by atoms with van der Waals surface area (Å²) in [6, 6.07) is 1.20. The van der Waals surface area contributed by atoms with Gasteiger partial charge in [0.25, 0.3) is 5.91 Å². The molecule has 5 nitrogen and oxygen atoms in total. The second kappa shape index (κ2) is 5.55. The van der Waals surface area contributed by atoms with Gasteiger partial charge in [-0.2, -0.15) is 11.3 Å². The second-order valence-corrected chi connectivity index (χ2v) is 6.82. The van der Waals surface area contributed by atoms with Gasteiger partial charge in [-0.05, 0) is 11.4 Å². The van der Waals surface area contributed by atoms with Crippen molar-refractivity contribution in [2.45, 2.75) is 6.04 Å². The van der Waals surface area contributed by atoms with Crippen molar-refractivity contribution in [2.24, 2.45) is 0 Å². The zero-order chi connectivity index (χ0) is 14.1. The normalized spacial score (nSPS) is 18.4. The number of carbonyl (C=O) groups excluding carboxylic acids is 1. The summed E-state index contributed by atoms with van der Waals surface area (Å²) in [5.74, 6) is -0.430. The number of carboxylic acid groups (broad SMARTS) is 1. The first kappa shape index (κ1) is 13.6. The minimum atomic E-state index is -0.961. The average molecular weight is 326 g/mol. The molecule has 1 unspecified atom stereocenters. The smallest absolute Gasteiger partial charge is 0.327 e. The summed E-state index contributed by atoms with van der Waals surface area (Å²) in [7, 11) is 0. The zero-order valence-electron chi connectivity index (χ0n) is 10.2. The van der Waals surface area contributed by atoms with Crippen molar-refractivity contribution >= 4 is 46.3 Å². The van der Waals surface area contributed by atoms with Crippen molar-refractivity contribution in [1.82, 2.24) is 9.88 Å². The monoisotopic (exact) mass is 326 g/mol. The van der Waals surface area contributed by atoms with Crippen LogP contribution in [-0.4, -0.2) is 44.5 Å². The fraction of sp³-hybridized carbons (Fsp3) is 0.250. The van der Waals surface area contributed by atoms with Crippen LogP contribution in [0, 0.1) is 0 Å². The highest BCUT2D eigenvalue weighted by Crippen LogP contribution is 2.28. The number of nitrogens with zero attached hydrogens (tertiary/aromatic N) is 2. The van der Waals surface area contributed by atoms with E-state index >= 15 is 0 Å². The van der Waals surface area contributed by atoms with Gasteiger partial charge in [0.05, 0.1) is 5.88 Å². The van der Waals surface area contributed by atoms with Crippen LogP contribution in [0.3, 0.4) is 0 Å². The highest BCUT2D eigenvalue weighted by molar-refractivity contribution is 7.99. The van der Waals surface area contributed by atoms with Crippen molar-refractivity contribution in [3.63, 3.8) is 0 Å². The number of thiazole rings is 1. The van der Waals surface area contributed by atoms with E-state index in [4.69, 9.17) is 5.11 Å². The van der Waals surface area contributed by atoms with Gasteiger partial charge in [0.1, 0.15) is 16.7 Å². The maximum Gasteiger partial charge on any atom is 0.327 e. The van der Waals surface area contributed by atoms with Gasteiger partial charge in [-0.25, -0.2) is 9.78 Å². The Balaban J connectivity index is 1.83. The van der Waals surface area contributed by atoms with Crippen LogP contribution in [0.25, 0.3) is 10.6 Å². The lowest BCUT2D eigenvalue weighted by Crippen LogP contribution is -2.41.